The molecule has 1 N–H and O–H groups in total. The summed E-state index contributed by atoms with van der Waals surface area (Å²) in [6, 6.07) is 6.63. The number of piperidine rings is 1. The molecule has 1 fully saturated rings. The van der Waals surface area contributed by atoms with E-state index >= 15 is 0 Å². The second-order valence-corrected chi connectivity index (χ2v) is 5.00. The molecule has 17 heavy (non-hydrogen) atoms. The molecule has 0 spiro atoms. The van der Waals surface area contributed by atoms with Crippen LogP contribution in [-0.4, -0.2) is 25.0 Å². The molecule has 0 bridgehead atoms. The van der Waals surface area contributed by atoms with Crippen LogP contribution < -0.4 is 10.2 Å². The number of para-hydroxylation sites is 1. The van der Waals surface area contributed by atoms with Crippen LogP contribution in [0.15, 0.2) is 18.2 Å². The highest BCUT2D eigenvalue weighted by molar-refractivity contribution is 6.02. The Bertz CT molecular complexity index is 450. The van der Waals surface area contributed by atoms with Crippen molar-refractivity contribution in [3.05, 3.63) is 29.3 Å². The number of hydrogen-bond acceptors (Lipinski definition) is 2. The lowest BCUT2D eigenvalue weighted by Gasteiger charge is -2.32. The first kappa shape index (κ1) is 10.8. The minimum absolute atomic E-state index is 0.279. The van der Waals surface area contributed by atoms with Gasteiger partial charge in [0, 0.05) is 6.04 Å². The summed E-state index contributed by atoms with van der Waals surface area (Å²) in [5.41, 5.74) is 3.62. The molecule has 2 heterocycles. The van der Waals surface area contributed by atoms with Crippen LogP contribution in [0.3, 0.4) is 0 Å². The van der Waals surface area contributed by atoms with Crippen LogP contribution in [0.25, 0.3) is 0 Å². The Morgan fingerprint density at radius 2 is 2.06 bits per heavy atom. The summed E-state index contributed by atoms with van der Waals surface area (Å²) in [5.74, 6) is 0.279. The maximum Gasteiger partial charge on any atom is 0.231 e. The standard InChI is InChI=1S/C14H18N2O/c1-10-3-2-4-11-9-13(17)16(14(10)11)12-5-7-15-8-6-12/h2-4,12,15H,5-9H2,1H3. The summed E-state index contributed by atoms with van der Waals surface area (Å²) in [6.45, 7) is 4.15. The van der Waals surface area contributed by atoms with Gasteiger partial charge in [-0.05, 0) is 44.0 Å². The Balaban J connectivity index is 1.98. The van der Waals surface area contributed by atoms with E-state index in [1.165, 1.54) is 16.8 Å². The summed E-state index contributed by atoms with van der Waals surface area (Å²) in [4.78, 5) is 14.2. The van der Waals surface area contributed by atoms with Crippen molar-refractivity contribution in [2.24, 2.45) is 0 Å². The molecule has 1 saturated heterocycles. The van der Waals surface area contributed by atoms with Crippen LogP contribution in [0.2, 0.25) is 0 Å². The minimum Gasteiger partial charge on any atom is -0.317 e. The van der Waals surface area contributed by atoms with Gasteiger partial charge in [0.15, 0.2) is 0 Å². The zero-order valence-corrected chi connectivity index (χ0v) is 10.2. The number of carbonyl (C=O) groups is 1. The SMILES string of the molecule is Cc1cccc2c1N(C1CCNCC1)C(=O)C2. The number of hydrogen-bond donors (Lipinski definition) is 1. The third kappa shape index (κ3) is 1.75. The molecule has 3 heteroatoms. The topological polar surface area (TPSA) is 32.3 Å². The maximum atomic E-state index is 12.2. The van der Waals surface area contributed by atoms with E-state index in [2.05, 4.69) is 29.3 Å². The molecule has 2 aliphatic heterocycles. The van der Waals surface area contributed by atoms with E-state index < -0.39 is 0 Å². The van der Waals surface area contributed by atoms with Gasteiger partial charge in [0.25, 0.3) is 0 Å². The predicted molar refractivity (Wildman–Crippen MR) is 68.3 cm³/mol. The summed E-state index contributed by atoms with van der Waals surface area (Å²) in [6.07, 6.45) is 2.72. The fraction of sp³-hybridized carbons (Fsp3) is 0.500. The highest BCUT2D eigenvalue weighted by atomic mass is 16.2. The van der Waals surface area contributed by atoms with Gasteiger partial charge in [0.05, 0.1) is 12.1 Å². The first-order chi connectivity index (χ1) is 8.27. The van der Waals surface area contributed by atoms with Gasteiger partial charge >= 0.3 is 0 Å². The summed E-state index contributed by atoms with van der Waals surface area (Å²) < 4.78 is 0. The van der Waals surface area contributed by atoms with Crippen molar-refractivity contribution in [2.75, 3.05) is 18.0 Å². The number of nitrogens with one attached hydrogen (secondary N) is 1. The lowest BCUT2D eigenvalue weighted by atomic mass is 10.0. The molecule has 1 aromatic rings. The van der Waals surface area contributed by atoms with E-state index in [9.17, 15) is 4.79 Å². The number of aryl methyl sites for hydroxylation is 1. The van der Waals surface area contributed by atoms with Gasteiger partial charge in [-0.15, -0.1) is 0 Å². The zero-order valence-electron chi connectivity index (χ0n) is 10.2. The van der Waals surface area contributed by atoms with Crippen molar-refractivity contribution in [3.63, 3.8) is 0 Å². The van der Waals surface area contributed by atoms with Crippen molar-refractivity contribution in [1.29, 1.82) is 0 Å². The lowest BCUT2D eigenvalue weighted by molar-refractivity contribution is -0.117. The van der Waals surface area contributed by atoms with Gasteiger partial charge in [-0.1, -0.05) is 18.2 Å². The number of carbonyl (C=O) groups excluding carboxylic acids is 1. The number of benzene rings is 1. The van der Waals surface area contributed by atoms with Crippen molar-refractivity contribution in [1.82, 2.24) is 5.32 Å². The lowest BCUT2D eigenvalue weighted by Crippen LogP contribution is -2.45. The van der Waals surface area contributed by atoms with E-state index in [0.717, 1.165) is 25.9 Å². The minimum atomic E-state index is 0.279. The van der Waals surface area contributed by atoms with E-state index in [0.29, 0.717) is 12.5 Å². The molecule has 1 aromatic carbocycles. The van der Waals surface area contributed by atoms with Crippen molar-refractivity contribution < 1.29 is 4.79 Å². The molecular weight excluding hydrogens is 212 g/mol. The van der Waals surface area contributed by atoms with Crippen LogP contribution in [0.4, 0.5) is 5.69 Å². The average molecular weight is 230 g/mol. The summed E-state index contributed by atoms with van der Waals surface area (Å²) in [7, 11) is 0. The third-order valence-corrected chi connectivity index (χ3v) is 3.85. The number of fused-ring (bicyclic) bond motifs is 1. The second-order valence-electron chi connectivity index (χ2n) is 5.00. The van der Waals surface area contributed by atoms with E-state index in [1.807, 2.05) is 6.07 Å². The number of anilines is 1. The fourth-order valence-electron chi connectivity index (χ4n) is 3.03. The monoisotopic (exact) mass is 230 g/mol. The van der Waals surface area contributed by atoms with Gasteiger partial charge in [0.2, 0.25) is 5.91 Å². The first-order valence-corrected chi connectivity index (χ1v) is 6.38. The van der Waals surface area contributed by atoms with Gasteiger partial charge < -0.3 is 10.2 Å². The molecule has 3 nitrogen and oxygen atoms in total. The molecule has 0 atom stereocenters. The second kappa shape index (κ2) is 4.15. The first-order valence-electron chi connectivity index (χ1n) is 6.38. The van der Waals surface area contributed by atoms with Crippen LogP contribution >= 0.6 is 0 Å². The van der Waals surface area contributed by atoms with Gasteiger partial charge in [-0.3, -0.25) is 4.79 Å². The molecule has 0 saturated carbocycles. The molecule has 0 unspecified atom stereocenters. The van der Waals surface area contributed by atoms with Crippen molar-refractivity contribution >= 4 is 11.6 Å². The Morgan fingerprint density at radius 1 is 1.29 bits per heavy atom. The van der Waals surface area contributed by atoms with Crippen molar-refractivity contribution in [2.45, 2.75) is 32.2 Å². The van der Waals surface area contributed by atoms with Crippen LogP contribution in [0, 0.1) is 6.92 Å². The number of rotatable bonds is 1. The highest BCUT2D eigenvalue weighted by Crippen LogP contribution is 2.35. The smallest absolute Gasteiger partial charge is 0.231 e. The Labute approximate surface area is 102 Å². The Hall–Kier alpha value is -1.35. The van der Waals surface area contributed by atoms with Gasteiger partial charge in [-0.25, -0.2) is 0 Å². The zero-order chi connectivity index (χ0) is 11.8. The van der Waals surface area contributed by atoms with E-state index in [4.69, 9.17) is 0 Å². The fourth-order valence-corrected chi connectivity index (χ4v) is 3.03. The van der Waals surface area contributed by atoms with Crippen molar-refractivity contribution in [3.8, 4) is 0 Å². The largest absolute Gasteiger partial charge is 0.317 e. The molecule has 0 radical (unpaired) electrons. The summed E-state index contributed by atoms with van der Waals surface area (Å²) >= 11 is 0. The molecule has 3 rings (SSSR count). The van der Waals surface area contributed by atoms with Gasteiger partial charge in [-0.2, -0.15) is 0 Å². The van der Waals surface area contributed by atoms with Crippen LogP contribution in [-0.2, 0) is 11.2 Å². The van der Waals surface area contributed by atoms with Crippen LogP contribution in [0.5, 0.6) is 0 Å². The third-order valence-electron chi connectivity index (χ3n) is 3.85. The van der Waals surface area contributed by atoms with Gasteiger partial charge in [0.1, 0.15) is 0 Å². The summed E-state index contributed by atoms with van der Waals surface area (Å²) in [5, 5.41) is 3.35. The Kier molecular flexibility index (Phi) is 2.63. The maximum absolute atomic E-state index is 12.2. The Morgan fingerprint density at radius 3 is 2.82 bits per heavy atom. The normalized spacial score (nSPS) is 20.8. The average Bonchev–Trinajstić information content (AvgIpc) is 2.68. The quantitative estimate of drug-likeness (QED) is 0.795. The van der Waals surface area contributed by atoms with Crippen LogP contribution in [0.1, 0.15) is 24.0 Å². The van der Waals surface area contributed by atoms with E-state index in [-0.39, 0.29) is 5.91 Å². The number of amides is 1. The highest BCUT2D eigenvalue weighted by Gasteiger charge is 2.34. The molecule has 0 aliphatic carbocycles. The number of nitrogens with zero attached hydrogens (tertiary/aromatic N) is 1. The molecule has 1 amide bonds. The predicted octanol–water partition coefficient (Wildman–Crippen LogP) is 1.64. The molecule has 90 valence electrons. The molecule has 0 aromatic heterocycles. The molecular formula is C14H18N2O. The molecule has 2 aliphatic rings. The van der Waals surface area contributed by atoms with E-state index in [1.54, 1.807) is 0 Å².